The number of fused-ring (bicyclic) bond motifs is 1. The number of nitrogens with one attached hydrogen (secondary N) is 3. The first-order chi connectivity index (χ1) is 4.75. The first kappa shape index (κ1) is 5.21. The molecule has 0 saturated carbocycles. The van der Waals surface area contributed by atoms with Gasteiger partial charge in [0.2, 0.25) is 0 Å². The normalized spacial score (nSPS) is 28.4. The molecule has 2 aliphatic rings. The zero-order valence-corrected chi connectivity index (χ0v) is 4.84. The van der Waals surface area contributed by atoms with Crippen molar-refractivity contribution in [2.24, 2.45) is 4.99 Å². The molecule has 0 aliphatic carbocycles. The maximum Gasteiger partial charge on any atom is 0.344 e. The number of carbonyl (C=O) groups excluding carboxylic acids is 2. The van der Waals surface area contributed by atoms with Gasteiger partial charge in [0, 0.05) is 0 Å². The molecule has 1 fully saturated rings. The summed E-state index contributed by atoms with van der Waals surface area (Å²) in [6.07, 6.45) is -0.431. The smallest absolute Gasteiger partial charge is 0.311 e. The molecular weight excluding hydrogens is 136 g/mol. The van der Waals surface area contributed by atoms with Crippen LogP contribution in [0.2, 0.25) is 0 Å². The van der Waals surface area contributed by atoms with Crippen LogP contribution in [-0.2, 0) is 0 Å². The molecule has 0 spiro atoms. The number of carbonyl (C=O) groups is 2. The number of amides is 4. The van der Waals surface area contributed by atoms with Gasteiger partial charge in [0.05, 0.1) is 0 Å². The van der Waals surface area contributed by atoms with Crippen LogP contribution < -0.4 is 16.0 Å². The fourth-order valence-corrected chi connectivity index (χ4v) is 0.886. The third-order valence-corrected chi connectivity index (χ3v) is 1.28. The van der Waals surface area contributed by atoms with E-state index >= 15 is 0 Å². The second kappa shape index (κ2) is 1.47. The molecule has 0 radical (unpaired) electrons. The van der Waals surface area contributed by atoms with Gasteiger partial charge in [-0.05, 0) is 0 Å². The summed E-state index contributed by atoms with van der Waals surface area (Å²) in [5, 5.41) is 7.21. The Morgan fingerprint density at radius 2 is 2.10 bits per heavy atom. The van der Waals surface area contributed by atoms with Crippen LogP contribution in [0.15, 0.2) is 4.99 Å². The molecular formula is C4H4N4O2. The number of hydrogen-bond acceptors (Lipinski definition) is 2. The van der Waals surface area contributed by atoms with Crippen LogP contribution in [0, 0.1) is 0 Å². The quantitative estimate of drug-likeness (QED) is 0.392. The Hall–Kier alpha value is -1.59. The fraction of sp³-hybridized carbons (Fsp3) is 0.250. The van der Waals surface area contributed by atoms with Crippen LogP contribution in [0.3, 0.4) is 0 Å². The number of hydrogen-bond donors (Lipinski definition) is 3. The van der Waals surface area contributed by atoms with E-state index in [-0.39, 0.29) is 6.03 Å². The summed E-state index contributed by atoms with van der Waals surface area (Å²) >= 11 is 0. The van der Waals surface area contributed by atoms with Crippen LogP contribution in [0.5, 0.6) is 0 Å². The van der Waals surface area contributed by atoms with Crippen LogP contribution in [0.1, 0.15) is 0 Å². The maximum atomic E-state index is 10.5. The average Bonchev–Trinajstić information content (AvgIpc) is 2.21. The Morgan fingerprint density at radius 3 is 2.80 bits per heavy atom. The van der Waals surface area contributed by atoms with Crippen molar-refractivity contribution in [2.75, 3.05) is 0 Å². The van der Waals surface area contributed by atoms with E-state index in [1.165, 1.54) is 0 Å². The third kappa shape index (κ3) is 0.554. The lowest BCUT2D eigenvalue weighted by atomic mass is 10.5. The van der Waals surface area contributed by atoms with Gasteiger partial charge >= 0.3 is 12.1 Å². The second-order valence-corrected chi connectivity index (χ2v) is 1.98. The predicted octanol–water partition coefficient (Wildman–Crippen LogP) is -1.25. The number of amidine groups is 1. The second-order valence-electron chi connectivity index (χ2n) is 1.98. The van der Waals surface area contributed by atoms with Gasteiger partial charge in [0.25, 0.3) is 0 Å². The molecule has 52 valence electrons. The highest BCUT2D eigenvalue weighted by Crippen LogP contribution is 1.99. The van der Waals surface area contributed by atoms with E-state index in [0.717, 1.165) is 0 Å². The molecule has 4 amide bonds. The van der Waals surface area contributed by atoms with Crippen molar-refractivity contribution in [1.29, 1.82) is 0 Å². The SMILES string of the molecule is O=C1N=C2NC(=O)NC2N1. The molecule has 0 aromatic carbocycles. The Morgan fingerprint density at radius 1 is 1.30 bits per heavy atom. The van der Waals surface area contributed by atoms with Crippen LogP contribution >= 0.6 is 0 Å². The number of nitrogens with zero attached hydrogens (tertiary/aromatic N) is 1. The van der Waals surface area contributed by atoms with Gasteiger partial charge in [-0.2, -0.15) is 4.99 Å². The van der Waals surface area contributed by atoms with Crippen molar-refractivity contribution in [2.45, 2.75) is 6.17 Å². The highest BCUT2D eigenvalue weighted by atomic mass is 16.2. The molecule has 6 nitrogen and oxygen atoms in total. The largest absolute Gasteiger partial charge is 0.344 e. The van der Waals surface area contributed by atoms with Crippen molar-refractivity contribution < 1.29 is 9.59 Å². The van der Waals surface area contributed by atoms with Gasteiger partial charge in [-0.1, -0.05) is 0 Å². The van der Waals surface area contributed by atoms with Gasteiger partial charge in [-0.25, -0.2) is 9.59 Å². The van der Waals surface area contributed by atoms with E-state index in [2.05, 4.69) is 20.9 Å². The van der Waals surface area contributed by atoms with Crippen molar-refractivity contribution in [3.05, 3.63) is 0 Å². The van der Waals surface area contributed by atoms with E-state index in [4.69, 9.17) is 0 Å². The summed E-state index contributed by atoms with van der Waals surface area (Å²) in [5.74, 6) is 0.356. The van der Waals surface area contributed by atoms with Crippen LogP contribution in [0.4, 0.5) is 9.59 Å². The molecule has 0 aromatic rings. The lowest BCUT2D eigenvalue weighted by Gasteiger charge is -1.99. The minimum Gasteiger partial charge on any atom is -0.311 e. The first-order valence-electron chi connectivity index (χ1n) is 2.72. The first-order valence-corrected chi connectivity index (χ1v) is 2.72. The molecule has 2 aliphatic heterocycles. The zero-order valence-electron chi connectivity index (χ0n) is 4.84. The predicted molar refractivity (Wildman–Crippen MR) is 31.4 cm³/mol. The molecule has 3 N–H and O–H groups in total. The van der Waals surface area contributed by atoms with Crippen molar-refractivity contribution >= 4 is 17.9 Å². The van der Waals surface area contributed by atoms with Gasteiger partial charge in [0.15, 0.2) is 12.0 Å². The molecule has 2 heterocycles. The zero-order chi connectivity index (χ0) is 7.14. The van der Waals surface area contributed by atoms with E-state index < -0.39 is 12.2 Å². The Bertz CT molecular complexity index is 246. The van der Waals surface area contributed by atoms with Crippen LogP contribution in [-0.4, -0.2) is 24.1 Å². The van der Waals surface area contributed by atoms with Crippen molar-refractivity contribution in [3.63, 3.8) is 0 Å². The third-order valence-electron chi connectivity index (χ3n) is 1.28. The number of urea groups is 2. The van der Waals surface area contributed by atoms with E-state index in [9.17, 15) is 9.59 Å². The molecule has 1 atom stereocenters. The molecule has 10 heavy (non-hydrogen) atoms. The monoisotopic (exact) mass is 140 g/mol. The molecule has 0 aromatic heterocycles. The van der Waals surface area contributed by atoms with Gasteiger partial charge in [-0.15, -0.1) is 0 Å². The molecule has 0 bridgehead atoms. The summed E-state index contributed by atoms with van der Waals surface area (Å²) in [7, 11) is 0. The van der Waals surface area contributed by atoms with Gasteiger partial charge < -0.3 is 10.6 Å². The molecule has 1 unspecified atom stereocenters. The molecule has 2 rings (SSSR count). The minimum absolute atomic E-state index is 0.330. The standard InChI is InChI=1S/C4H4N4O2/c9-3-5-1-2(7-3)8-4(10)6-1/h1H,(H3,5,6,7,8,9,10). The summed E-state index contributed by atoms with van der Waals surface area (Å²) in [6.45, 7) is 0. The van der Waals surface area contributed by atoms with Crippen molar-refractivity contribution in [3.8, 4) is 0 Å². The number of rotatable bonds is 0. The maximum absolute atomic E-state index is 10.5. The van der Waals surface area contributed by atoms with Crippen LogP contribution in [0.25, 0.3) is 0 Å². The lowest BCUT2D eigenvalue weighted by Crippen LogP contribution is -2.39. The highest BCUT2D eigenvalue weighted by molar-refractivity contribution is 6.14. The number of aliphatic imine (C=N–C) groups is 1. The summed E-state index contributed by atoms with van der Waals surface area (Å²) in [5.41, 5.74) is 0. The molecule has 6 heteroatoms. The van der Waals surface area contributed by atoms with Gasteiger partial charge in [-0.3, -0.25) is 5.32 Å². The summed E-state index contributed by atoms with van der Waals surface area (Å²) in [6, 6.07) is -0.753. The Labute approximate surface area is 55.7 Å². The highest BCUT2D eigenvalue weighted by Gasteiger charge is 2.33. The minimum atomic E-state index is -0.431. The summed E-state index contributed by atoms with van der Waals surface area (Å²) in [4.78, 5) is 24.5. The Kier molecular flexibility index (Phi) is 0.765. The molecule has 1 saturated heterocycles. The average molecular weight is 140 g/mol. The van der Waals surface area contributed by atoms with E-state index in [1.807, 2.05) is 0 Å². The lowest BCUT2D eigenvalue weighted by molar-refractivity contribution is 0.243. The van der Waals surface area contributed by atoms with E-state index in [0.29, 0.717) is 5.84 Å². The summed E-state index contributed by atoms with van der Waals surface area (Å²) < 4.78 is 0. The van der Waals surface area contributed by atoms with Crippen molar-refractivity contribution in [1.82, 2.24) is 16.0 Å². The van der Waals surface area contributed by atoms with E-state index in [1.54, 1.807) is 0 Å². The topological polar surface area (TPSA) is 82.6 Å². The Balaban J connectivity index is 2.29. The van der Waals surface area contributed by atoms with Gasteiger partial charge in [0.1, 0.15) is 0 Å². The fourth-order valence-electron chi connectivity index (χ4n) is 0.886.